The lowest BCUT2D eigenvalue weighted by Crippen LogP contribution is -2.36. The van der Waals surface area contributed by atoms with Crippen LogP contribution in [0.3, 0.4) is 0 Å². The Labute approximate surface area is 62.8 Å². The molecule has 0 spiro atoms. The molecule has 0 bridgehead atoms. The van der Waals surface area contributed by atoms with Crippen LogP contribution < -0.4 is 10.6 Å². The van der Waals surface area contributed by atoms with Crippen molar-refractivity contribution >= 4 is 0 Å². The molecule has 0 aliphatic carbocycles. The Morgan fingerprint density at radius 1 is 1.40 bits per heavy atom. The van der Waals surface area contributed by atoms with Gasteiger partial charge in [-0.1, -0.05) is 6.92 Å². The Bertz CT molecular complexity index is 64.6. The molecule has 0 saturated carbocycles. The number of rotatable bonds is 6. The van der Waals surface area contributed by atoms with Gasteiger partial charge in [0.1, 0.15) is 0 Å². The normalized spacial score (nSPS) is 13.5. The first-order chi connectivity index (χ1) is 4.85. The lowest BCUT2D eigenvalue weighted by atomic mass is 10.2. The minimum atomic E-state index is 0.236. The summed E-state index contributed by atoms with van der Waals surface area (Å²) in [7, 11) is 1.92. The second-order valence-electron chi connectivity index (χ2n) is 2.35. The van der Waals surface area contributed by atoms with Gasteiger partial charge in [-0.15, -0.1) is 0 Å². The van der Waals surface area contributed by atoms with Crippen LogP contribution in [0.4, 0.5) is 0 Å². The summed E-state index contributed by atoms with van der Waals surface area (Å²) >= 11 is 0. The highest BCUT2D eigenvalue weighted by molar-refractivity contribution is 4.62. The zero-order chi connectivity index (χ0) is 7.82. The summed E-state index contributed by atoms with van der Waals surface area (Å²) in [5.41, 5.74) is 0. The summed E-state index contributed by atoms with van der Waals surface area (Å²) < 4.78 is 0. The van der Waals surface area contributed by atoms with E-state index in [0.29, 0.717) is 0 Å². The van der Waals surface area contributed by atoms with E-state index in [4.69, 9.17) is 5.11 Å². The van der Waals surface area contributed by atoms with Crippen molar-refractivity contribution in [1.29, 1.82) is 0 Å². The van der Waals surface area contributed by atoms with Crippen molar-refractivity contribution in [1.82, 2.24) is 10.6 Å². The van der Waals surface area contributed by atoms with Crippen LogP contribution in [0.1, 0.15) is 13.3 Å². The first kappa shape index (κ1) is 9.88. The molecule has 0 rings (SSSR count). The Kier molecular flexibility index (Phi) is 6.91. The topological polar surface area (TPSA) is 44.3 Å². The highest BCUT2D eigenvalue weighted by Gasteiger charge is 2.00. The molecule has 0 aliphatic heterocycles. The van der Waals surface area contributed by atoms with Crippen molar-refractivity contribution in [2.75, 3.05) is 26.7 Å². The number of aliphatic hydroxyl groups is 1. The van der Waals surface area contributed by atoms with E-state index in [2.05, 4.69) is 17.6 Å². The van der Waals surface area contributed by atoms with Gasteiger partial charge in [-0.3, -0.25) is 0 Å². The van der Waals surface area contributed by atoms with Gasteiger partial charge in [0.15, 0.2) is 0 Å². The summed E-state index contributed by atoms with van der Waals surface area (Å²) in [5.74, 6) is 0. The summed E-state index contributed by atoms with van der Waals surface area (Å²) in [4.78, 5) is 0. The molecular weight excluding hydrogens is 128 g/mol. The van der Waals surface area contributed by atoms with E-state index in [9.17, 15) is 0 Å². The molecule has 1 unspecified atom stereocenters. The predicted octanol–water partition coefficient (Wildman–Crippen LogP) is -0.434. The molecule has 0 amide bonds. The number of nitrogens with one attached hydrogen (secondary N) is 2. The predicted molar refractivity (Wildman–Crippen MR) is 43.1 cm³/mol. The molecule has 0 aromatic rings. The Balaban J connectivity index is 3.09. The molecule has 0 heterocycles. The average molecular weight is 146 g/mol. The molecule has 0 aromatic heterocycles. The summed E-state index contributed by atoms with van der Waals surface area (Å²) in [6.45, 7) is 4.18. The Morgan fingerprint density at radius 2 is 2.10 bits per heavy atom. The van der Waals surface area contributed by atoms with Crippen molar-refractivity contribution < 1.29 is 5.11 Å². The van der Waals surface area contributed by atoms with E-state index >= 15 is 0 Å². The van der Waals surface area contributed by atoms with E-state index in [1.807, 2.05) is 7.05 Å². The minimum absolute atomic E-state index is 0.236. The van der Waals surface area contributed by atoms with Gasteiger partial charge in [0, 0.05) is 19.1 Å². The fourth-order valence-electron chi connectivity index (χ4n) is 0.739. The molecule has 0 saturated heterocycles. The lowest BCUT2D eigenvalue weighted by molar-refractivity contribution is 0.239. The van der Waals surface area contributed by atoms with Crippen LogP contribution in [0.25, 0.3) is 0 Å². The van der Waals surface area contributed by atoms with E-state index in [0.717, 1.165) is 19.5 Å². The quantitative estimate of drug-likeness (QED) is 0.445. The van der Waals surface area contributed by atoms with Crippen molar-refractivity contribution in [3.63, 3.8) is 0 Å². The monoisotopic (exact) mass is 146 g/mol. The molecule has 0 radical (unpaired) electrons. The Morgan fingerprint density at radius 3 is 2.50 bits per heavy atom. The molecule has 10 heavy (non-hydrogen) atoms. The van der Waals surface area contributed by atoms with Gasteiger partial charge in [0.05, 0.1) is 6.61 Å². The van der Waals surface area contributed by atoms with Crippen LogP contribution in [0.15, 0.2) is 0 Å². The SMILES string of the molecule is CCC(CO)NCCNC. The smallest absolute Gasteiger partial charge is 0.0584 e. The van der Waals surface area contributed by atoms with Gasteiger partial charge in [-0.05, 0) is 13.5 Å². The maximum Gasteiger partial charge on any atom is 0.0584 e. The second-order valence-corrected chi connectivity index (χ2v) is 2.35. The first-order valence-corrected chi connectivity index (χ1v) is 3.84. The largest absolute Gasteiger partial charge is 0.395 e. The van der Waals surface area contributed by atoms with E-state index < -0.39 is 0 Å². The molecule has 3 N–H and O–H groups in total. The van der Waals surface area contributed by atoms with Gasteiger partial charge in [0.25, 0.3) is 0 Å². The van der Waals surface area contributed by atoms with Crippen molar-refractivity contribution in [2.24, 2.45) is 0 Å². The molecule has 3 nitrogen and oxygen atoms in total. The van der Waals surface area contributed by atoms with Gasteiger partial charge in [-0.2, -0.15) is 0 Å². The maximum atomic E-state index is 8.74. The van der Waals surface area contributed by atoms with Crippen molar-refractivity contribution in [2.45, 2.75) is 19.4 Å². The lowest BCUT2D eigenvalue weighted by Gasteiger charge is -2.12. The zero-order valence-corrected chi connectivity index (χ0v) is 6.85. The molecule has 0 fully saturated rings. The second kappa shape index (κ2) is 6.99. The fourth-order valence-corrected chi connectivity index (χ4v) is 0.739. The summed E-state index contributed by atoms with van der Waals surface area (Å²) in [6.07, 6.45) is 0.986. The van der Waals surface area contributed by atoms with Crippen molar-refractivity contribution in [3.05, 3.63) is 0 Å². The Hall–Kier alpha value is -0.120. The van der Waals surface area contributed by atoms with Crippen LogP contribution in [0, 0.1) is 0 Å². The van der Waals surface area contributed by atoms with Crippen LogP contribution in [-0.4, -0.2) is 37.9 Å². The number of hydrogen-bond donors (Lipinski definition) is 3. The van der Waals surface area contributed by atoms with Crippen LogP contribution in [-0.2, 0) is 0 Å². The van der Waals surface area contributed by atoms with Crippen LogP contribution in [0.2, 0.25) is 0 Å². The van der Waals surface area contributed by atoms with Crippen molar-refractivity contribution in [3.8, 4) is 0 Å². The molecule has 62 valence electrons. The number of likely N-dealkylation sites (N-methyl/N-ethyl adjacent to an activating group) is 1. The highest BCUT2D eigenvalue weighted by Crippen LogP contribution is 1.86. The van der Waals surface area contributed by atoms with Crippen LogP contribution >= 0.6 is 0 Å². The molecule has 1 atom stereocenters. The fraction of sp³-hybridized carbons (Fsp3) is 1.00. The molecule has 3 heteroatoms. The minimum Gasteiger partial charge on any atom is -0.395 e. The molecule has 0 aromatic carbocycles. The third kappa shape index (κ3) is 4.73. The van der Waals surface area contributed by atoms with E-state index in [-0.39, 0.29) is 12.6 Å². The first-order valence-electron chi connectivity index (χ1n) is 3.84. The van der Waals surface area contributed by atoms with E-state index in [1.54, 1.807) is 0 Å². The van der Waals surface area contributed by atoms with Crippen LogP contribution in [0.5, 0.6) is 0 Å². The van der Waals surface area contributed by atoms with E-state index in [1.165, 1.54) is 0 Å². The van der Waals surface area contributed by atoms with Gasteiger partial charge >= 0.3 is 0 Å². The summed E-state index contributed by atoms with van der Waals surface area (Å²) in [6, 6.07) is 0.272. The summed E-state index contributed by atoms with van der Waals surface area (Å²) in [5, 5.41) is 15.0. The highest BCUT2D eigenvalue weighted by atomic mass is 16.3. The van der Waals surface area contributed by atoms with Gasteiger partial charge in [0.2, 0.25) is 0 Å². The van der Waals surface area contributed by atoms with Gasteiger partial charge in [-0.25, -0.2) is 0 Å². The molecular formula is C7H18N2O. The third-order valence-electron chi connectivity index (χ3n) is 1.52. The number of aliphatic hydroxyl groups excluding tert-OH is 1. The maximum absolute atomic E-state index is 8.74. The zero-order valence-electron chi connectivity index (χ0n) is 6.85. The average Bonchev–Trinajstić information content (AvgIpc) is 1.99. The third-order valence-corrected chi connectivity index (χ3v) is 1.52. The van der Waals surface area contributed by atoms with Gasteiger partial charge < -0.3 is 15.7 Å². The standard InChI is InChI=1S/C7H18N2O/c1-3-7(6-10)9-5-4-8-2/h7-10H,3-6H2,1-2H3. The number of hydrogen-bond acceptors (Lipinski definition) is 3. The molecule has 0 aliphatic rings.